The molecule has 0 amide bonds. The molecule has 1 aromatic carbocycles. The number of nitrogens with zero attached hydrogens (tertiary/aromatic N) is 4. The zero-order chi connectivity index (χ0) is 28.0. The molecule has 13 nitrogen and oxygen atoms in total. The van der Waals surface area contributed by atoms with Crippen LogP contribution in [-0.2, 0) is 19.1 Å². The van der Waals surface area contributed by atoms with Crippen LogP contribution in [0.4, 0.5) is 10.1 Å². The van der Waals surface area contributed by atoms with Gasteiger partial charge < -0.3 is 30.1 Å². The molecule has 5 N–H and O–H groups in total. The van der Waals surface area contributed by atoms with Crippen molar-refractivity contribution in [2.75, 3.05) is 16.6 Å². The van der Waals surface area contributed by atoms with E-state index in [1.54, 1.807) is 19.1 Å². The number of hydrogen-bond donors (Lipinski definition) is 5. The van der Waals surface area contributed by atoms with E-state index in [4.69, 9.17) is 26.1 Å². The van der Waals surface area contributed by atoms with Crippen molar-refractivity contribution in [3.8, 4) is 6.07 Å². The third-order valence-electron chi connectivity index (χ3n) is 5.90. The number of benzene rings is 1. The number of rotatable bonds is 8. The Kier molecular flexibility index (Phi) is 7.81. The summed E-state index contributed by atoms with van der Waals surface area (Å²) in [5, 5.41) is 37.9. The fourth-order valence-electron chi connectivity index (χ4n) is 4.22. The van der Waals surface area contributed by atoms with E-state index in [-0.39, 0.29) is 27.4 Å². The van der Waals surface area contributed by atoms with Gasteiger partial charge in [0.05, 0.1) is 29.1 Å². The van der Waals surface area contributed by atoms with Crippen molar-refractivity contribution < 1.29 is 42.1 Å². The van der Waals surface area contributed by atoms with E-state index in [0.29, 0.717) is 5.56 Å². The second kappa shape index (κ2) is 10.5. The number of anilines is 1. The van der Waals surface area contributed by atoms with Crippen LogP contribution in [0, 0.1) is 17.1 Å². The number of ether oxygens (including phenoxy) is 1. The maximum Gasteiger partial charge on any atom is 0.340 e. The van der Waals surface area contributed by atoms with E-state index in [0.717, 1.165) is 4.68 Å². The Balaban J connectivity index is 1.70. The van der Waals surface area contributed by atoms with E-state index >= 15 is 0 Å². The molecule has 3 heterocycles. The minimum absolute atomic E-state index is 0.00721. The van der Waals surface area contributed by atoms with Crippen LogP contribution < -0.4 is 5.32 Å². The Morgan fingerprint density at radius 3 is 2.63 bits per heavy atom. The van der Waals surface area contributed by atoms with Crippen molar-refractivity contribution in [1.29, 1.82) is 5.26 Å². The summed E-state index contributed by atoms with van der Waals surface area (Å²) in [7, 11) is -9.30. The minimum atomic E-state index is -4.92. The fraction of sp³-hybridized carbons (Fsp3) is 0.381. The first kappa shape index (κ1) is 28.3. The number of nitrogens with one attached hydrogen (secondary N) is 1. The fourth-order valence-corrected chi connectivity index (χ4v) is 7.68. The molecule has 0 aliphatic carbocycles. The van der Waals surface area contributed by atoms with Gasteiger partial charge >= 0.3 is 7.60 Å². The third-order valence-corrected chi connectivity index (χ3v) is 9.93. The molecule has 0 radical (unpaired) electrons. The first-order chi connectivity index (χ1) is 17.7. The largest absolute Gasteiger partial charge is 0.387 e. The van der Waals surface area contributed by atoms with Gasteiger partial charge in [-0.25, -0.2) is 22.5 Å². The van der Waals surface area contributed by atoms with Crippen molar-refractivity contribution in [3.05, 3.63) is 52.6 Å². The highest BCUT2D eigenvalue weighted by Gasteiger charge is 2.47. The van der Waals surface area contributed by atoms with Crippen LogP contribution in [0.3, 0.4) is 0 Å². The molecule has 0 unspecified atom stereocenters. The molecule has 38 heavy (non-hydrogen) atoms. The van der Waals surface area contributed by atoms with E-state index in [1.165, 1.54) is 18.3 Å². The molecule has 3 aromatic rings. The number of fused-ring (bicyclic) bond motifs is 1. The van der Waals surface area contributed by atoms with Crippen molar-refractivity contribution in [1.82, 2.24) is 14.8 Å². The Bertz CT molecular complexity index is 1580. The van der Waals surface area contributed by atoms with Crippen LogP contribution in [0.25, 0.3) is 11.0 Å². The highest BCUT2D eigenvalue weighted by Crippen LogP contribution is 2.39. The lowest BCUT2D eigenvalue weighted by Crippen LogP contribution is -2.36. The van der Waals surface area contributed by atoms with Gasteiger partial charge in [-0.15, -0.1) is 0 Å². The highest BCUT2D eigenvalue weighted by atomic mass is 35.5. The standard InChI is InChI=1S/C21H22ClFN5O8PS/c1-10(11-4-2-3-5-14(11)23)26-16-12(6-24)19(22)27-20-13(16)7-25-28(20)21-18(30)17(29)15(36-21)8-38(34,35)9-37(31,32)33/h2-5,7,10,15,17-18,21,29-30H,8-9H2,1H3,(H,26,27)(H2,31,32,33)/t10-,15-,17-,18-,21-/m1/s1. The number of aliphatic hydroxyl groups excluding tert-OH is 2. The minimum Gasteiger partial charge on any atom is -0.387 e. The number of hydrogen-bond acceptors (Lipinski definition) is 10. The maximum absolute atomic E-state index is 14.3. The zero-order valence-corrected chi connectivity index (χ0v) is 22.0. The first-order valence-electron chi connectivity index (χ1n) is 11.0. The van der Waals surface area contributed by atoms with Crippen LogP contribution in [0.5, 0.6) is 0 Å². The summed E-state index contributed by atoms with van der Waals surface area (Å²) >= 11 is 6.25. The molecule has 5 atom stereocenters. The van der Waals surface area contributed by atoms with Crippen LogP contribution >= 0.6 is 19.2 Å². The Hall–Kier alpha value is -2.67. The highest BCUT2D eigenvalue weighted by molar-refractivity contribution is 7.97. The normalized spacial score (nSPS) is 22.9. The molecule has 204 valence electrons. The molecule has 2 aromatic heterocycles. The third kappa shape index (κ3) is 5.68. The summed E-state index contributed by atoms with van der Waals surface area (Å²) in [5.41, 5.74) is -1.05. The second-order valence-electron chi connectivity index (χ2n) is 8.73. The van der Waals surface area contributed by atoms with Gasteiger partial charge in [0.15, 0.2) is 32.4 Å². The molecule has 1 fully saturated rings. The maximum atomic E-state index is 14.3. The summed E-state index contributed by atoms with van der Waals surface area (Å²) in [4.78, 5) is 22.2. The van der Waals surface area contributed by atoms with Gasteiger partial charge in [0.1, 0.15) is 35.8 Å². The number of nitriles is 1. The van der Waals surface area contributed by atoms with Gasteiger partial charge in [-0.05, 0) is 13.0 Å². The Morgan fingerprint density at radius 1 is 1.32 bits per heavy atom. The molecular weight excluding hydrogens is 568 g/mol. The molecular formula is C21H22ClFN5O8PS. The number of pyridine rings is 1. The van der Waals surface area contributed by atoms with Crippen molar-refractivity contribution in [2.45, 2.75) is 37.5 Å². The monoisotopic (exact) mass is 589 g/mol. The lowest BCUT2D eigenvalue weighted by atomic mass is 10.1. The Morgan fingerprint density at radius 2 is 2.00 bits per heavy atom. The van der Waals surface area contributed by atoms with Crippen molar-refractivity contribution in [2.24, 2.45) is 0 Å². The van der Waals surface area contributed by atoms with Gasteiger partial charge in [0, 0.05) is 5.56 Å². The molecule has 1 aliphatic heterocycles. The van der Waals surface area contributed by atoms with Crippen LogP contribution in [0.15, 0.2) is 30.5 Å². The SMILES string of the molecule is C[C@@H](Nc1c(C#N)c(Cl)nc2c1cnn2[C@@H]1O[C@H](CS(=O)(=O)CP(=O)(O)O)[C@@H](O)[C@H]1O)c1ccccc1F. The van der Waals surface area contributed by atoms with Gasteiger partial charge in [-0.1, -0.05) is 29.8 Å². The van der Waals surface area contributed by atoms with Gasteiger partial charge in [0.2, 0.25) is 0 Å². The van der Waals surface area contributed by atoms with Gasteiger partial charge in [0.25, 0.3) is 0 Å². The number of sulfone groups is 1. The molecule has 0 spiro atoms. The van der Waals surface area contributed by atoms with Gasteiger partial charge in [-0.2, -0.15) is 10.4 Å². The van der Waals surface area contributed by atoms with Gasteiger partial charge in [-0.3, -0.25) is 4.57 Å². The van der Waals surface area contributed by atoms with Crippen LogP contribution in [0.1, 0.15) is 30.3 Å². The quantitative estimate of drug-likeness (QED) is 0.187. The number of aliphatic hydroxyl groups is 2. The molecule has 17 heteroatoms. The molecule has 4 rings (SSSR count). The average molecular weight is 590 g/mol. The lowest BCUT2D eigenvalue weighted by Gasteiger charge is -2.19. The predicted molar refractivity (Wildman–Crippen MR) is 132 cm³/mol. The molecule has 0 bridgehead atoms. The zero-order valence-electron chi connectivity index (χ0n) is 19.5. The lowest BCUT2D eigenvalue weighted by molar-refractivity contribution is -0.0364. The summed E-state index contributed by atoms with van der Waals surface area (Å²) in [6.07, 6.45) is -5.20. The first-order valence-corrected chi connectivity index (χ1v) is 15.0. The summed E-state index contributed by atoms with van der Waals surface area (Å²) in [5.74, 6) is -1.46. The summed E-state index contributed by atoms with van der Waals surface area (Å²) in [6.45, 7) is 1.66. The van der Waals surface area contributed by atoms with Crippen LogP contribution in [0.2, 0.25) is 5.15 Å². The van der Waals surface area contributed by atoms with E-state index in [9.17, 15) is 32.8 Å². The average Bonchev–Trinajstić information content (AvgIpc) is 3.33. The summed E-state index contributed by atoms with van der Waals surface area (Å²) in [6, 6.07) is 7.33. The van der Waals surface area contributed by atoms with E-state index in [1.807, 2.05) is 6.07 Å². The molecule has 0 saturated carbocycles. The van der Waals surface area contributed by atoms with E-state index < -0.39 is 65.1 Å². The molecule has 1 aliphatic rings. The number of halogens is 2. The predicted octanol–water partition coefficient (Wildman–Crippen LogP) is 1.44. The Labute approximate surface area is 220 Å². The van der Waals surface area contributed by atoms with Crippen molar-refractivity contribution in [3.63, 3.8) is 0 Å². The number of aromatic nitrogens is 3. The molecule has 1 saturated heterocycles. The van der Waals surface area contributed by atoms with Crippen LogP contribution in [-0.4, -0.2) is 72.7 Å². The van der Waals surface area contributed by atoms with E-state index in [2.05, 4.69) is 15.4 Å². The summed E-state index contributed by atoms with van der Waals surface area (Å²) < 4.78 is 56.4. The second-order valence-corrected chi connectivity index (χ2v) is 13.3. The smallest absolute Gasteiger partial charge is 0.340 e. The topological polar surface area (TPSA) is 208 Å². The van der Waals surface area contributed by atoms with Crippen molar-refractivity contribution >= 4 is 45.8 Å².